The zero-order valence-corrected chi connectivity index (χ0v) is 10.5. The molecule has 3 heteroatoms. The zero-order chi connectivity index (χ0) is 12.3. The zero-order valence-electron chi connectivity index (χ0n) is 10.5. The van der Waals surface area contributed by atoms with E-state index in [0.717, 1.165) is 19.5 Å². The molecule has 1 aliphatic rings. The Balaban J connectivity index is 2.07. The summed E-state index contributed by atoms with van der Waals surface area (Å²) in [6.45, 7) is 5.84. The van der Waals surface area contributed by atoms with Gasteiger partial charge >= 0.3 is 0 Å². The summed E-state index contributed by atoms with van der Waals surface area (Å²) in [5.74, 6) is 0.239. The first-order chi connectivity index (χ1) is 8.24. The summed E-state index contributed by atoms with van der Waals surface area (Å²) in [6, 6.07) is 10.4. The van der Waals surface area contributed by atoms with Gasteiger partial charge in [0.2, 0.25) is 5.91 Å². The number of likely N-dealkylation sites (N-methyl/N-ethyl adjacent to an activating group) is 1. The van der Waals surface area contributed by atoms with Gasteiger partial charge in [0, 0.05) is 6.54 Å². The lowest BCUT2D eigenvalue weighted by Crippen LogP contribution is -2.39. The standard InChI is InChI=1S/C14H20N2O/c1-3-15-13-9-10-16(14(13)17)11(2)12-7-5-4-6-8-12/h4-8,11,13,15H,3,9-10H2,1-2H3. The van der Waals surface area contributed by atoms with Crippen molar-refractivity contribution in [2.45, 2.75) is 32.4 Å². The van der Waals surface area contributed by atoms with E-state index >= 15 is 0 Å². The molecule has 2 unspecified atom stereocenters. The second-order valence-electron chi connectivity index (χ2n) is 4.52. The number of rotatable bonds is 4. The van der Waals surface area contributed by atoms with Crippen LogP contribution in [0.1, 0.15) is 31.9 Å². The third kappa shape index (κ3) is 2.50. The average molecular weight is 232 g/mol. The second-order valence-corrected chi connectivity index (χ2v) is 4.52. The van der Waals surface area contributed by atoms with Crippen molar-refractivity contribution in [3.63, 3.8) is 0 Å². The fourth-order valence-electron chi connectivity index (χ4n) is 2.43. The van der Waals surface area contributed by atoms with Crippen molar-refractivity contribution in [2.75, 3.05) is 13.1 Å². The fourth-order valence-corrected chi connectivity index (χ4v) is 2.43. The average Bonchev–Trinajstić information content (AvgIpc) is 2.72. The monoisotopic (exact) mass is 232 g/mol. The van der Waals surface area contributed by atoms with Gasteiger partial charge in [-0.2, -0.15) is 0 Å². The molecule has 92 valence electrons. The van der Waals surface area contributed by atoms with Crippen molar-refractivity contribution in [1.82, 2.24) is 10.2 Å². The van der Waals surface area contributed by atoms with E-state index in [0.29, 0.717) is 0 Å². The molecule has 2 rings (SSSR count). The molecular weight excluding hydrogens is 212 g/mol. The molecule has 1 amide bonds. The van der Waals surface area contributed by atoms with Crippen molar-refractivity contribution in [2.24, 2.45) is 0 Å². The summed E-state index contributed by atoms with van der Waals surface area (Å²) < 4.78 is 0. The van der Waals surface area contributed by atoms with Crippen LogP contribution in [0.2, 0.25) is 0 Å². The maximum atomic E-state index is 12.2. The number of amides is 1. The van der Waals surface area contributed by atoms with Crippen molar-refractivity contribution in [3.05, 3.63) is 35.9 Å². The molecule has 1 heterocycles. The smallest absolute Gasteiger partial charge is 0.240 e. The molecule has 1 fully saturated rings. The first-order valence-electron chi connectivity index (χ1n) is 6.33. The summed E-state index contributed by atoms with van der Waals surface area (Å²) in [6.07, 6.45) is 0.920. The number of nitrogens with zero attached hydrogens (tertiary/aromatic N) is 1. The number of nitrogens with one attached hydrogen (secondary N) is 1. The molecule has 2 atom stereocenters. The SMILES string of the molecule is CCNC1CCN(C(C)c2ccccc2)C1=O. The summed E-state index contributed by atoms with van der Waals surface area (Å²) in [5, 5.41) is 3.24. The molecule has 1 saturated heterocycles. The molecule has 0 saturated carbocycles. The van der Waals surface area contributed by atoms with Gasteiger partial charge in [0.25, 0.3) is 0 Å². The van der Waals surface area contributed by atoms with Crippen LogP contribution in [0.25, 0.3) is 0 Å². The van der Waals surface area contributed by atoms with E-state index in [1.165, 1.54) is 5.56 Å². The van der Waals surface area contributed by atoms with Gasteiger partial charge in [-0.05, 0) is 25.5 Å². The van der Waals surface area contributed by atoms with Crippen LogP contribution >= 0.6 is 0 Å². The third-order valence-corrected chi connectivity index (χ3v) is 3.44. The first-order valence-corrected chi connectivity index (χ1v) is 6.33. The Labute approximate surface area is 103 Å². The van der Waals surface area contributed by atoms with Crippen molar-refractivity contribution in [3.8, 4) is 0 Å². The van der Waals surface area contributed by atoms with Crippen LogP contribution in [-0.2, 0) is 4.79 Å². The van der Waals surface area contributed by atoms with Crippen LogP contribution in [0.5, 0.6) is 0 Å². The maximum absolute atomic E-state index is 12.2. The van der Waals surface area contributed by atoms with Crippen LogP contribution in [-0.4, -0.2) is 29.9 Å². The third-order valence-electron chi connectivity index (χ3n) is 3.44. The second kappa shape index (κ2) is 5.32. The lowest BCUT2D eigenvalue weighted by Gasteiger charge is -2.25. The molecule has 0 aromatic heterocycles. The van der Waals surface area contributed by atoms with Gasteiger partial charge in [0.15, 0.2) is 0 Å². The summed E-state index contributed by atoms with van der Waals surface area (Å²) in [7, 11) is 0. The van der Waals surface area contributed by atoms with Crippen molar-refractivity contribution >= 4 is 5.91 Å². The number of carbonyl (C=O) groups excluding carboxylic acids is 1. The highest BCUT2D eigenvalue weighted by Gasteiger charge is 2.33. The van der Waals surface area contributed by atoms with E-state index in [4.69, 9.17) is 0 Å². The molecule has 3 nitrogen and oxygen atoms in total. The van der Waals surface area contributed by atoms with Gasteiger partial charge in [0.1, 0.15) is 0 Å². The Morgan fingerprint density at radius 2 is 2.12 bits per heavy atom. The molecule has 1 aromatic carbocycles. The normalized spacial score (nSPS) is 21.9. The molecule has 0 aliphatic carbocycles. The van der Waals surface area contributed by atoms with Gasteiger partial charge in [0.05, 0.1) is 12.1 Å². The highest BCUT2D eigenvalue weighted by molar-refractivity contribution is 5.84. The molecular formula is C14H20N2O. The topological polar surface area (TPSA) is 32.3 Å². The fraction of sp³-hybridized carbons (Fsp3) is 0.500. The van der Waals surface area contributed by atoms with E-state index in [1.54, 1.807) is 0 Å². The summed E-state index contributed by atoms with van der Waals surface area (Å²) >= 11 is 0. The predicted octanol–water partition coefficient (Wildman–Crippen LogP) is 1.96. The lowest BCUT2D eigenvalue weighted by atomic mass is 10.1. The van der Waals surface area contributed by atoms with Crippen molar-refractivity contribution < 1.29 is 4.79 Å². The van der Waals surface area contributed by atoms with Crippen molar-refractivity contribution in [1.29, 1.82) is 0 Å². The highest BCUT2D eigenvalue weighted by atomic mass is 16.2. The number of hydrogen-bond donors (Lipinski definition) is 1. The Morgan fingerprint density at radius 1 is 1.41 bits per heavy atom. The Bertz CT molecular complexity index is 377. The van der Waals surface area contributed by atoms with Gasteiger partial charge in [-0.25, -0.2) is 0 Å². The summed E-state index contributed by atoms with van der Waals surface area (Å²) in [5.41, 5.74) is 1.21. The molecule has 17 heavy (non-hydrogen) atoms. The quantitative estimate of drug-likeness (QED) is 0.860. The lowest BCUT2D eigenvalue weighted by molar-refractivity contribution is -0.131. The van der Waals surface area contributed by atoms with Gasteiger partial charge in [-0.15, -0.1) is 0 Å². The van der Waals surface area contributed by atoms with Crippen LogP contribution in [0.4, 0.5) is 0 Å². The predicted molar refractivity (Wildman–Crippen MR) is 68.7 cm³/mol. The Hall–Kier alpha value is -1.35. The van der Waals surface area contributed by atoms with E-state index in [2.05, 4.69) is 24.4 Å². The van der Waals surface area contributed by atoms with E-state index in [1.807, 2.05) is 30.0 Å². The largest absolute Gasteiger partial charge is 0.335 e. The molecule has 1 aliphatic heterocycles. The van der Waals surface area contributed by atoms with E-state index in [9.17, 15) is 4.79 Å². The minimum absolute atomic E-state index is 0.0196. The van der Waals surface area contributed by atoms with Crippen LogP contribution < -0.4 is 5.32 Å². The molecule has 0 bridgehead atoms. The van der Waals surface area contributed by atoms with Crippen LogP contribution in [0.3, 0.4) is 0 Å². The number of hydrogen-bond acceptors (Lipinski definition) is 2. The number of benzene rings is 1. The molecule has 0 radical (unpaired) electrons. The van der Waals surface area contributed by atoms with E-state index < -0.39 is 0 Å². The summed E-state index contributed by atoms with van der Waals surface area (Å²) in [4.78, 5) is 14.1. The van der Waals surface area contributed by atoms with Gasteiger partial charge in [-0.1, -0.05) is 37.3 Å². The molecule has 1 N–H and O–H groups in total. The van der Waals surface area contributed by atoms with Gasteiger partial charge < -0.3 is 10.2 Å². The van der Waals surface area contributed by atoms with Crippen LogP contribution in [0.15, 0.2) is 30.3 Å². The Morgan fingerprint density at radius 3 is 2.76 bits per heavy atom. The van der Waals surface area contributed by atoms with E-state index in [-0.39, 0.29) is 18.0 Å². The Kier molecular flexibility index (Phi) is 3.79. The molecule has 1 aromatic rings. The van der Waals surface area contributed by atoms with Crippen LogP contribution in [0, 0.1) is 0 Å². The highest BCUT2D eigenvalue weighted by Crippen LogP contribution is 2.25. The number of carbonyl (C=O) groups is 1. The first kappa shape index (κ1) is 12.1. The molecule has 0 spiro atoms. The minimum Gasteiger partial charge on any atom is -0.335 e. The number of likely N-dealkylation sites (tertiary alicyclic amines) is 1. The van der Waals surface area contributed by atoms with Gasteiger partial charge in [-0.3, -0.25) is 4.79 Å². The maximum Gasteiger partial charge on any atom is 0.240 e. The minimum atomic E-state index is 0.0196.